The van der Waals surface area contributed by atoms with E-state index < -0.39 is 6.35 Å². The molecule has 3 aliphatic heterocycles. The Labute approximate surface area is 366 Å². The number of aliphatic hydroxyl groups excluding tert-OH is 1. The lowest BCUT2D eigenvalue weighted by atomic mass is 9.95. The van der Waals surface area contributed by atoms with Crippen molar-refractivity contribution in [3.63, 3.8) is 0 Å². The van der Waals surface area contributed by atoms with Gasteiger partial charge in [0.2, 0.25) is 12.3 Å². The Hall–Kier alpha value is -6.26. The monoisotopic (exact) mass is 853 g/mol. The van der Waals surface area contributed by atoms with Crippen LogP contribution in [0.25, 0.3) is 33.2 Å². The molecule has 0 spiro atoms. The van der Waals surface area contributed by atoms with Crippen LogP contribution in [0.5, 0.6) is 5.75 Å². The molecule has 1 aliphatic carbocycles. The highest BCUT2D eigenvalue weighted by Gasteiger charge is 2.44. The van der Waals surface area contributed by atoms with Crippen molar-refractivity contribution in [1.82, 2.24) is 40.6 Å². The predicted molar refractivity (Wildman–Crippen MR) is 241 cm³/mol. The number of aryl methyl sites for hydroxylation is 1. The molecule has 16 heteroatoms. The Morgan fingerprint density at radius 2 is 1.75 bits per heavy atom. The maximum Gasteiger partial charge on any atom is 0.315 e. The third-order valence-corrected chi connectivity index (χ3v) is 13.8. The minimum atomic E-state index is -0.986. The molecule has 328 valence electrons. The summed E-state index contributed by atoms with van der Waals surface area (Å²) in [5.74, 6) is 1.55. The molecule has 0 bridgehead atoms. The Bertz CT molecular complexity index is 2660. The van der Waals surface area contributed by atoms with E-state index in [4.69, 9.17) is 14.2 Å². The number of fused-ring (bicyclic) bond motifs is 3. The minimum absolute atomic E-state index is 0.0113. The molecule has 2 atom stereocenters. The number of nitrogens with one attached hydrogen (secondary N) is 3. The number of carbonyl (C=O) groups excluding carboxylic acids is 2. The summed E-state index contributed by atoms with van der Waals surface area (Å²) in [6.07, 6.45) is 5.30. The highest BCUT2D eigenvalue weighted by atomic mass is 16.5. The zero-order chi connectivity index (χ0) is 43.4. The van der Waals surface area contributed by atoms with Crippen molar-refractivity contribution in [2.75, 3.05) is 74.2 Å². The fraction of sp³-hybridized carbons (Fsp3) is 0.447. The number of benzene rings is 3. The van der Waals surface area contributed by atoms with Gasteiger partial charge >= 0.3 is 11.8 Å². The van der Waals surface area contributed by atoms with Crippen molar-refractivity contribution in [2.45, 2.75) is 70.7 Å². The summed E-state index contributed by atoms with van der Waals surface area (Å²) in [5, 5.41) is 21.9. The highest BCUT2D eigenvalue weighted by molar-refractivity contribution is 6.13. The number of hydrogen-bond donors (Lipinski definition) is 4. The SMILES string of the molecule is COc1cc2c(cc1N1CCN(CC3CCN(c4ccc(N5CCC(=O)NC5O)cc4)CC3)CC1)[nH]c1ncnc(-c3ccc([C@@H](C)NC(=O)c4nc(C5(C)CC5)no4)c(C)c3)c12. The number of ether oxygens (including phenoxy) is 1. The Morgan fingerprint density at radius 3 is 2.46 bits per heavy atom. The average Bonchev–Trinajstić information content (AvgIpc) is 3.66. The lowest BCUT2D eigenvalue weighted by Gasteiger charge is -2.40. The number of piperidine rings is 1. The van der Waals surface area contributed by atoms with Crippen LogP contribution in [0.4, 0.5) is 17.1 Å². The van der Waals surface area contributed by atoms with E-state index in [0.717, 1.165) is 133 Å². The van der Waals surface area contributed by atoms with Crippen LogP contribution < -0.4 is 30.1 Å². The highest BCUT2D eigenvalue weighted by Crippen LogP contribution is 2.46. The number of aromatic nitrogens is 5. The van der Waals surface area contributed by atoms with E-state index in [9.17, 15) is 14.7 Å². The molecular formula is C47H55N11O5. The van der Waals surface area contributed by atoms with Crippen LogP contribution in [0.1, 0.15) is 79.6 Å². The molecule has 1 saturated carbocycles. The van der Waals surface area contributed by atoms with E-state index in [0.29, 0.717) is 24.7 Å². The molecule has 16 nitrogen and oxygen atoms in total. The first-order valence-corrected chi connectivity index (χ1v) is 22.2. The Morgan fingerprint density at radius 1 is 0.984 bits per heavy atom. The predicted octanol–water partition coefficient (Wildman–Crippen LogP) is 5.66. The fourth-order valence-electron chi connectivity index (χ4n) is 9.66. The molecule has 2 amide bonds. The lowest BCUT2D eigenvalue weighted by Crippen LogP contribution is -2.54. The van der Waals surface area contributed by atoms with Crippen LogP contribution >= 0.6 is 0 Å². The van der Waals surface area contributed by atoms with Gasteiger partial charge in [0.25, 0.3) is 0 Å². The zero-order valence-electron chi connectivity index (χ0n) is 36.4. The van der Waals surface area contributed by atoms with E-state index >= 15 is 0 Å². The summed E-state index contributed by atoms with van der Waals surface area (Å²) in [4.78, 5) is 51.4. The zero-order valence-corrected chi connectivity index (χ0v) is 36.4. The topological polar surface area (TPSA) is 181 Å². The largest absolute Gasteiger partial charge is 0.495 e. The maximum atomic E-state index is 13.0. The number of piperazine rings is 1. The van der Waals surface area contributed by atoms with Crippen molar-refractivity contribution in [2.24, 2.45) is 5.92 Å². The standard InChI is InChI=1S/C47H55N11O5/c1-28-23-31(5-10-34(28)29(2)50-43(60)44-53-45(54-63-44)47(3)14-15-47)41-40-35-24-38(62-4)37(25-36(35)51-42(40)49-27-48-41)57-21-19-55(20-22-57)26-30-11-16-56(17-12-30)32-6-8-33(9-7-32)58-18-13-39(59)52-46(58)61/h5-10,23-25,27,29-30,46,61H,11-22,26H2,1-4H3,(H,50,60)(H,52,59)(H,48,49,51)/t29-,46?/m1/s1. The third kappa shape index (κ3) is 8.01. The first-order chi connectivity index (χ1) is 30.5. The molecule has 63 heavy (non-hydrogen) atoms. The first-order valence-electron chi connectivity index (χ1n) is 22.2. The summed E-state index contributed by atoms with van der Waals surface area (Å²) in [6.45, 7) is 13.5. The fourth-order valence-corrected chi connectivity index (χ4v) is 9.66. The van der Waals surface area contributed by atoms with Crippen LogP contribution in [0.2, 0.25) is 0 Å². The molecule has 6 heterocycles. The lowest BCUT2D eigenvalue weighted by molar-refractivity contribution is -0.125. The molecule has 3 aromatic carbocycles. The molecule has 3 aromatic heterocycles. The van der Waals surface area contributed by atoms with Gasteiger partial charge in [-0.2, -0.15) is 4.98 Å². The number of carbonyl (C=O) groups is 2. The van der Waals surface area contributed by atoms with Gasteiger partial charge in [0.1, 0.15) is 17.7 Å². The van der Waals surface area contributed by atoms with Crippen molar-refractivity contribution in [1.29, 1.82) is 0 Å². The number of anilines is 3. The van der Waals surface area contributed by atoms with Crippen LogP contribution in [0, 0.1) is 12.8 Å². The average molecular weight is 854 g/mol. The van der Waals surface area contributed by atoms with E-state index in [1.807, 2.05) is 43.0 Å². The van der Waals surface area contributed by atoms with Gasteiger partial charge < -0.3 is 44.7 Å². The van der Waals surface area contributed by atoms with E-state index in [1.54, 1.807) is 13.4 Å². The summed E-state index contributed by atoms with van der Waals surface area (Å²) in [7, 11) is 1.74. The number of methoxy groups -OCH3 is 1. The van der Waals surface area contributed by atoms with Crippen molar-refractivity contribution in [3.05, 3.63) is 83.8 Å². The van der Waals surface area contributed by atoms with E-state index in [-0.39, 0.29) is 29.2 Å². The summed E-state index contributed by atoms with van der Waals surface area (Å²) in [5.41, 5.74) is 8.61. The number of H-pyrrole nitrogens is 1. The molecule has 1 unspecified atom stereocenters. The Kier molecular flexibility index (Phi) is 10.7. The van der Waals surface area contributed by atoms with Gasteiger partial charge in [-0.25, -0.2) is 9.97 Å². The smallest absolute Gasteiger partial charge is 0.315 e. The molecule has 4 N–H and O–H groups in total. The van der Waals surface area contributed by atoms with Gasteiger partial charge in [0, 0.05) is 86.5 Å². The summed E-state index contributed by atoms with van der Waals surface area (Å²) >= 11 is 0. The molecule has 6 aromatic rings. The van der Waals surface area contributed by atoms with Crippen molar-refractivity contribution < 1.29 is 24.0 Å². The number of aromatic amines is 1. The second-order valence-electron chi connectivity index (χ2n) is 18.0. The van der Waals surface area contributed by atoms with Gasteiger partial charge in [0.15, 0.2) is 5.82 Å². The molecular weight excluding hydrogens is 799 g/mol. The van der Waals surface area contributed by atoms with Gasteiger partial charge in [-0.1, -0.05) is 24.2 Å². The van der Waals surface area contributed by atoms with E-state index in [2.05, 4.69) is 82.7 Å². The Balaban J connectivity index is 0.771. The molecule has 3 saturated heterocycles. The number of hydrogen-bond acceptors (Lipinski definition) is 13. The molecule has 4 fully saturated rings. The van der Waals surface area contributed by atoms with Crippen molar-refractivity contribution >= 4 is 50.8 Å². The van der Waals surface area contributed by atoms with Crippen molar-refractivity contribution in [3.8, 4) is 17.0 Å². The quantitative estimate of drug-likeness (QED) is 0.126. The number of amides is 2. The normalized spacial score (nSPS) is 20.0. The van der Waals surface area contributed by atoms with Crippen LogP contribution in [0.15, 0.2) is 65.4 Å². The van der Waals surface area contributed by atoms with Crippen LogP contribution in [0.3, 0.4) is 0 Å². The number of aliphatic hydroxyl groups is 1. The van der Waals surface area contributed by atoms with Gasteiger partial charge in [-0.3, -0.25) is 14.5 Å². The molecule has 0 radical (unpaired) electrons. The third-order valence-electron chi connectivity index (χ3n) is 13.8. The number of nitrogens with zero attached hydrogens (tertiary/aromatic N) is 8. The van der Waals surface area contributed by atoms with Crippen LogP contribution in [-0.2, 0) is 10.2 Å². The van der Waals surface area contributed by atoms with Gasteiger partial charge in [0.05, 0.1) is 35.4 Å². The van der Waals surface area contributed by atoms with Crippen LogP contribution in [-0.4, -0.2) is 113 Å². The summed E-state index contributed by atoms with van der Waals surface area (Å²) in [6, 6.07) is 18.6. The molecule has 10 rings (SSSR count). The first kappa shape index (κ1) is 40.8. The second-order valence-corrected chi connectivity index (χ2v) is 18.0. The summed E-state index contributed by atoms with van der Waals surface area (Å²) < 4.78 is 11.4. The second kappa shape index (κ2) is 16.5. The maximum absolute atomic E-state index is 13.0. The van der Waals surface area contributed by atoms with E-state index in [1.165, 1.54) is 5.69 Å². The van der Waals surface area contributed by atoms with Gasteiger partial charge in [-0.05, 0) is 99.0 Å². The molecule has 4 aliphatic rings. The number of rotatable bonds is 11. The minimum Gasteiger partial charge on any atom is -0.495 e. The van der Waals surface area contributed by atoms with Gasteiger partial charge in [-0.15, -0.1) is 0 Å².